The monoisotopic (exact) mass is 418 g/mol. The molecule has 2 aromatic heterocycles. The highest BCUT2D eigenvalue weighted by molar-refractivity contribution is 9.10. The molecule has 3 heterocycles. The normalized spacial score (nSPS) is 15.8. The predicted octanol–water partition coefficient (Wildman–Crippen LogP) is 3.74. The zero-order valence-electron chi connectivity index (χ0n) is 14.0. The number of ether oxygens (including phenoxy) is 1. The van der Waals surface area contributed by atoms with Crippen molar-refractivity contribution in [3.8, 4) is 5.95 Å². The average molecular weight is 419 g/mol. The first-order valence-corrected chi connectivity index (χ1v) is 10.2. The molecular formula is C18H19BrN4OS. The fraction of sp³-hybridized carbons (Fsp3) is 0.333. The molecule has 0 radical (unpaired) electrons. The molecule has 0 N–H and O–H groups in total. The van der Waals surface area contributed by atoms with Crippen molar-refractivity contribution < 1.29 is 4.74 Å². The Morgan fingerprint density at radius 2 is 1.96 bits per heavy atom. The van der Waals surface area contributed by atoms with Gasteiger partial charge in [-0.25, -0.2) is 9.97 Å². The maximum absolute atomic E-state index is 5.44. The van der Waals surface area contributed by atoms with Gasteiger partial charge in [0.15, 0.2) is 0 Å². The van der Waals surface area contributed by atoms with Crippen LogP contribution in [0.25, 0.3) is 16.9 Å². The van der Waals surface area contributed by atoms with E-state index in [9.17, 15) is 0 Å². The lowest BCUT2D eigenvalue weighted by Gasteiger charge is -2.26. The van der Waals surface area contributed by atoms with Crippen LogP contribution in [0.15, 0.2) is 46.2 Å². The van der Waals surface area contributed by atoms with Crippen molar-refractivity contribution in [2.45, 2.75) is 11.4 Å². The van der Waals surface area contributed by atoms with Gasteiger partial charge < -0.3 is 4.74 Å². The summed E-state index contributed by atoms with van der Waals surface area (Å²) in [5, 5.41) is 1.24. The third-order valence-electron chi connectivity index (χ3n) is 4.39. The number of benzene rings is 1. The number of halogens is 1. The highest BCUT2D eigenvalue weighted by Gasteiger charge is 2.14. The van der Waals surface area contributed by atoms with Crippen molar-refractivity contribution in [2.75, 3.05) is 32.6 Å². The van der Waals surface area contributed by atoms with E-state index in [1.54, 1.807) is 24.2 Å². The van der Waals surface area contributed by atoms with Gasteiger partial charge in [-0.3, -0.25) is 9.47 Å². The molecule has 3 aromatic rings. The Balaban J connectivity index is 1.73. The molecule has 0 saturated carbocycles. The molecule has 5 nitrogen and oxygen atoms in total. The topological polar surface area (TPSA) is 43.2 Å². The summed E-state index contributed by atoms with van der Waals surface area (Å²) in [5.41, 5.74) is 2.45. The Hall–Kier alpha value is -1.41. The zero-order chi connectivity index (χ0) is 17.2. The molecular weight excluding hydrogens is 400 g/mol. The molecule has 1 fully saturated rings. The average Bonchev–Trinajstić information content (AvgIpc) is 3.01. The number of nitrogens with zero attached hydrogens (tertiary/aromatic N) is 4. The minimum absolute atomic E-state index is 0.692. The molecule has 7 heteroatoms. The highest BCUT2D eigenvalue weighted by Crippen LogP contribution is 2.31. The van der Waals surface area contributed by atoms with Crippen LogP contribution in [-0.2, 0) is 11.3 Å². The molecule has 1 saturated heterocycles. The zero-order valence-corrected chi connectivity index (χ0v) is 16.4. The lowest BCUT2D eigenvalue weighted by Crippen LogP contribution is -2.35. The van der Waals surface area contributed by atoms with E-state index in [0.29, 0.717) is 5.95 Å². The molecule has 0 amide bonds. The van der Waals surface area contributed by atoms with E-state index in [1.807, 2.05) is 0 Å². The Bertz CT molecular complexity index is 875. The highest BCUT2D eigenvalue weighted by atomic mass is 79.9. The molecule has 4 rings (SSSR count). The number of hydrogen-bond acceptors (Lipinski definition) is 5. The Labute approximate surface area is 159 Å². The van der Waals surface area contributed by atoms with E-state index < -0.39 is 0 Å². The molecule has 1 aliphatic heterocycles. The maximum Gasteiger partial charge on any atom is 0.234 e. The Kier molecular flexibility index (Phi) is 5.08. The van der Waals surface area contributed by atoms with Gasteiger partial charge in [0.2, 0.25) is 5.95 Å². The molecule has 0 bridgehead atoms. The van der Waals surface area contributed by atoms with Gasteiger partial charge >= 0.3 is 0 Å². The Morgan fingerprint density at radius 1 is 1.20 bits per heavy atom. The van der Waals surface area contributed by atoms with Crippen LogP contribution in [-0.4, -0.2) is 52.0 Å². The summed E-state index contributed by atoms with van der Waals surface area (Å²) in [6, 6.07) is 6.70. The number of fused-ring (bicyclic) bond motifs is 1. The first-order chi connectivity index (χ1) is 12.2. The van der Waals surface area contributed by atoms with E-state index in [4.69, 9.17) is 4.74 Å². The van der Waals surface area contributed by atoms with E-state index in [1.165, 1.54) is 15.8 Å². The van der Waals surface area contributed by atoms with Gasteiger partial charge in [0, 0.05) is 48.5 Å². The molecule has 0 atom stereocenters. The molecule has 1 aromatic carbocycles. The van der Waals surface area contributed by atoms with E-state index in [-0.39, 0.29) is 0 Å². The van der Waals surface area contributed by atoms with E-state index in [0.717, 1.165) is 42.8 Å². The summed E-state index contributed by atoms with van der Waals surface area (Å²) in [4.78, 5) is 12.6. The minimum atomic E-state index is 0.692. The smallest absolute Gasteiger partial charge is 0.234 e. The van der Waals surface area contributed by atoms with Crippen LogP contribution in [0.3, 0.4) is 0 Å². The second-order valence-electron chi connectivity index (χ2n) is 6.01. The molecule has 130 valence electrons. The SMILES string of the molecule is CSc1cn(-c2ncc(Br)cn2)c2cc(CN3CCOCC3)ccc12. The van der Waals surface area contributed by atoms with Crippen LogP contribution in [0.1, 0.15) is 5.56 Å². The van der Waals surface area contributed by atoms with Crippen molar-refractivity contribution >= 4 is 38.6 Å². The van der Waals surface area contributed by atoms with Gasteiger partial charge in [-0.05, 0) is 33.8 Å². The van der Waals surface area contributed by atoms with Crippen LogP contribution in [0.2, 0.25) is 0 Å². The molecule has 0 aliphatic carbocycles. The summed E-state index contributed by atoms with van der Waals surface area (Å²) in [7, 11) is 0. The van der Waals surface area contributed by atoms with Gasteiger partial charge in [-0.15, -0.1) is 11.8 Å². The van der Waals surface area contributed by atoms with Gasteiger partial charge in [0.25, 0.3) is 0 Å². The maximum atomic E-state index is 5.44. The third kappa shape index (κ3) is 3.60. The number of aromatic nitrogens is 3. The van der Waals surface area contributed by atoms with E-state index in [2.05, 4.69) is 66.0 Å². The van der Waals surface area contributed by atoms with Crippen LogP contribution < -0.4 is 0 Å². The fourth-order valence-corrected chi connectivity index (χ4v) is 3.92. The Morgan fingerprint density at radius 3 is 2.68 bits per heavy atom. The quantitative estimate of drug-likeness (QED) is 0.603. The molecule has 1 aliphatic rings. The lowest BCUT2D eigenvalue weighted by molar-refractivity contribution is 0.0342. The number of morpholine rings is 1. The van der Waals surface area contributed by atoms with Gasteiger partial charge in [-0.2, -0.15) is 0 Å². The van der Waals surface area contributed by atoms with Crippen molar-refractivity contribution in [2.24, 2.45) is 0 Å². The van der Waals surface area contributed by atoms with Gasteiger partial charge in [0.1, 0.15) is 0 Å². The fourth-order valence-electron chi connectivity index (χ4n) is 3.12. The molecule has 0 unspecified atom stereocenters. The lowest BCUT2D eigenvalue weighted by atomic mass is 10.1. The van der Waals surface area contributed by atoms with Crippen LogP contribution in [0.4, 0.5) is 0 Å². The van der Waals surface area contributed by atoms with Crippen LogP contribution >= 0.6 is 27.7 Å². The summed E-state index contributed by atoms with van der Waals surface area (Å²) in [6.45, 7) is 4.57. The number of thioether (sulfide) groups is 1. The number of hydrogen-bond donors (Lipinski definition) is 0. The second-order valence-corrected chi connectivity index (χ2v) is 7.77. The van der Waals surface area contributed by atoms with Crippen LogP contribution in [0.5, 0.6) is 0 Å². The third-order valence-corrected chi connectivity index (χ3v) is 5.56. The van der Waals surface area contributed by atoms with Crippen molar-refractivity contribution in [3.05, 3.63) is 46.8 Å². The molecule has 0 spiro atoms. The predicted molar refractivity (Wildman–Crippen MR) is 104 cm³/mol. The van der Waals surface area contributed by atoms with Gasteiger partial charge in [-0.1, -0.05) is 12.1 Å². The largest absolute Gasteiger partial charge is 0.379 e. The first-order valence-electron chi connectivity index (χ1n) is 8.20. The summed E-state index contributed by atoms with van der Waals surface area (Å²) in [5.74, 6) is 0.692. The van der Waals surface area contributed by atoms with Crippen molar-refractivity contribution in [3.63, 3.8) is 0 Å². The molecule has 25 heavy (non-hydrogen) atoms. The minimum Gasteiger partial charge on any atom is -0.379 e. The van der Waals surface area contributed by atoms with Crippen LogP contribution in [0, 0.1) is 0 Å². The summed E-state index contributed by atoms with van der Waals surface area (Å²) in [6.07, 6.45) is 7.79. The second kappa shape index (κ2) is 7.45. The van der Waals surface area contributed by atoms with E-state index >= 15 is 0 Å². The summed E-state index contributed by atoms with van der Waals surface area (Å²) < 4.78 is 8.40. The van der Waals surface area contributed by atoms with Crippen molar-refractivity contribution in [1.29, 1.82) is 0 Å². The standard InChI is InChI=1S/C18H19BrN4OS/c1-25-17-12-23(18-20-9-14(19)10-21-18)16-8-13(2-3-15(16)17)11-22-4-6-24-7-5-22/h2-3,8-10,12H,4-7,11H2,1H3. The first kappa shape index (κ1) is 17.0. The summed E-state index contributed by atoms with van der Waals surface area (Å²) >= 11 is 5.15. The number of rotatable bonds is 4. The van der Waals surface area contributed by atoms with Gasteiger partial charge in [0.05, 0.1) is 23.2 Å². The van der Waals surface area contributed by atoms with Crippen molar-refractivity contribution in [1.82, 2.24) is 19.4 Å².